The van der Waals surface area contributed by atoms with Gasteiger partial charge in [-0.05, 0) is 37.3 Å². The van der Waals surface area contributed by atoms with Gasteiger partial charge in [-0.25, -0.2) is 4.79 Å². The summed E-state index contributed by atoms with van der Waals surface area (Å²) in [6, 6.07) is 5.11. The molecular weight excluding hydrogens is 586 g/mol. The molecule has 0 radical (unpaired) electrons. The van der Waals surface area contributed by atoms with Gasteiger partial charge in [0.2, 0.25) is 11.8 Å². The number of nitrogens with zero attached hydrogens (tertiary/aromatic N) is 1. The van der Waals surface area contributed by atoms with Crippen LogP contribution in [-0.2, 0) is 23.9 Å². The number of hydrogen-bond donors (Lipinski definition) is 2. The van der Waals surface area contributed by atoms with Crippen molar-refractivity contribution in [2.45, 2.75) is 29.0 Å². The number of rotatable bonds is 5. The quantitative estimate of drug-likeness (QED) is 0.229. The number of likely N-dealkylation sites (tertiary alicyclic amines) is 1. The zero-order valence-corrected chi connectivity index (χ0v) is 21.2. The molecule has 33 heavy (non-hydrogen) atoms. The van der Waals surface area contributed by atoms with Crippen molar-refractivity contribution >= 4 is 73.1 Å². The Labute approximate surface area is 211 Å². The summed E-state index contributed by atoms with van der Waals surface area (Å²) in [5.74, 6) is -3.90. The minimum atomic E-state index is -1.16. The third-order valence-electron chi connectivity index (χ3n) is 6.53. The molecule has 2 saturated carbocycles. The predicted molar refractivity (Wildman–Crippen MR) is 123 cm³/mol. The highest BCUT2D eigenvalue weighted by molar-refractivity contribution is 9.12. The number of benzene rings is 1. The Morgan fingerprint density at radius 1 is 1.09 bits per heavy atom. The number of amides is 4. The van der Waals surface area contributed by atoms with E-state index in [4.69, 9.17) is 16.3 Å². The normalized spacial score (nSPS) is 30.7. The molecule has 7 atom stereocenters. The topological polar surface area (TPSA) is 122 Å². The van der Waals surface area contributed by atoms with Crippen molar-refractivity contribution < 1.29 is 28.7 Å². The Morgan fingerprint density at radius 2 is 1.67 bits per heavy atom. The molecule has 3 fully saturated rings. The monoisotopic (exact) mass is 603 g/mol. The second-order valence-corrected chi connectivity index (χ2v) is 10.8. The smallest absolute Gasteiger partial charge is 0.329 e. The zero-order valence-electron chi connectivity index (χ0n) is 17.3. The number of halogens is 3. The molecule has 3 aliphatic rings. The molecule has 9 nitrogen and oxygen atoms in total. The van der Waals surface area contributed by atoms with Crippen LogP contribution in [0.2, 0.25) is 5.02 Å². The van der Waals surface area contributed by atoms with Crippen molar-refractivity contribution in [3.05, 3.63) is 34.9 Å². The summed E-state index contributed by atoms with van der Waals surface area (Å²) in [4.78, 5) is 63.6. The Morgan fingerprint density at radius 3 is 2.24 bits per heavy atom. The van der Waals surface area contributed by atoms with Crippen LogP contribution in [0.3, 0.4) is 0 Å². The number of nitrogens with one attached hydrogen (secondary N) is 2. The third-order valence-corrected chi connectivity index (χ3v) is 10.1. The average molecular weight is 606 g/mol. The Kier molecular flexibility index (Phi) is 6.84. The van der Waals surface area contributed by atoms with Gasteiger partial charge in [0.25, 0.3) is 11.8 Å². The highest BCUT2D eigenvalue weighted by Gasteiger charge is 2.67. The number of esters is 1. The molecule has 12 heteroatoms. The molecule has 1 aliphatic heterocycles. The molecule has 4 amide bonds. The van der Waals surface area contributed by atoms with Crippen LogP contribution in [0, 0.1) is 23.7 Å². The number of hydrazine groups is 1. The van der Waals surface area contributed by atoms with Gasteiger partial charge in [-0.2, -0.15) is 0 Å². The van der Waals surface area contributed by atoms with E-state index in [9.17, 15) is 24.0 Å². The Bertz CT molecular complexity index is 1010. The number of carbonyl (C=O) groups excluding carboxylic acids is 5. The van der Waals surface area contributed by atoms with Gasteiger partial charge in [0.1, 0.15) is 6.04 Å². The Balaban J connectivity index is 1.30. The fraction of sp³-hybridized carbons (Fsp3) is 0.476. The summed E-state index contributed by atoms with van der Waals surface area (Å²) >= 11 is 13.1. The second-order valence-electron chi connectivity index (χ2n) is 8.32. The number of carbonyl (C=O) groups is 5. The molecule has 0 spiro atoms. The van der Waals surface area contributed by atoms with E-state index in [1.165, 1.54) is 19.1 Å². The van der Waals surface area contributed by atoms with E-state index in [1.807, 2.05) is 0 Å². The first-order valence-corrected chi connectivity index (χ1v) is 12.5. The van der Waals surface area contributed by atoms with Crippen LogP contribution in [0.15, 0.2) is 24.3 Å². The van der Waals surface area contributed by atoms with Gasteiger partial charge in [0.05, 0.1) is 22.4 Å². The van der Waals surface area contributed by atoms with Gasteiger partial charge < -0.3 is 4.74 Å². The maximum absolute atomic E-state index is 13.0. The van der Waals surface area contributed by atoms with E-state index in [-0.39, 0.29) is 43.9 Å². The molecule has 1 heterocycles. The summed E-state index contributed by atoms with van der Waals surface area (Å²) in [6.07, 6.45) is 0.783. The SMILES string of the molecule is C[C@H](C(=O)OCC(=O)NNC(=O)c1ccccc1Cl)N1C(=O)[C@@H]2[C@H]3C[C@@H]([C@H](Br)[C@H]3Br)[C@@H]2C1=O. The summed E-state index contributed by atoms with van der Waals surface area (Å²) in [5.41, 5.74) is 4.45. The van der Waals surface area contributed by atoms with E-state index in [2.05, 4.69) is 42.7 Å². The predicted octanol–water partition coefficient (Wildman–Crippen LogP) is 1.81. The molecule has 4 rings (SSSR count). The number of ether oxygens (including phenoxy) is 1. The lowest BCUT2D eigenvalue weighted by molar-refractivity contribution is -0.160. The highest BCUT2D eigenvalue weighted by Crippen LogP contribution is 2.60. The highest BCUT2D eigenvalue weighted by atomic mass is 79.9. The number of fused-ring (bicyclic) bond motifs is 5. The first kappa shape index (κ1) is 24.2. The lowest BCUT2D eigenvalue weighted by Gasteiger charge is -2.28. The van der Waals surface area contributed by atoms with Gasteiger partial charge in [-0.1, -0.05) is 55.6 Å². The van der Waals surface area contributed by atoms with E-state index in [0.717, 1.165) is 11.3 Å². The molecule has 0 aromatic heterocycles. The molecule has 2 bridgehead atoms. The number of hydrogen-bond acceptors (Lipinski definition) is 6. The van der Waals surface area contributed by atoms with Crippen molar-refractivity contribution in [3.8, 4) is 0 Å². The molecular formula is C21H20Br2ClN3O6. The van der Waals surface area contributed by atoms with Crippen LogP contribution in [0.5, 0.6) is 0 Å². The number of imide groups is 1. The van der Waals surface area contributed by atoms with Gasteiger partial charge >= 0.3 is 5.97 Å². The lowest BCUT2D eigenvalue weighted by Crippen LogP contribution is -2.47. The number of alkyl halides is 2. The zero-order chi connectivity index (χ0) is 24.0. The summed E-state index contributed by atoms with van der Waals surface area (Å²) in [7, 11) is 0. The molecule has 176 valence electrons. The van der Waals surface area contributed by atoms with Gasteiger partial charge in [0.15, 0.2) is 6.61 Å². The van der Waals surface area contributed by atoms with Crippen LogP contribution in [-0.4, -0.2) is 56.8 Å². The Hall–Kier alpha value is -1.98. The van der Waals surface area contributed by atoms with Crippen molar-refractivity contribution in [3.63, 3.8) is 0 Å². The first-order chi connectivity index (χ1) is 15.6. The fourth-order valence-electron chi connectivity index (χ4n) is 4.99. The lowest BCUT2D eigenvalue weighted by atomic mass is 9.81. The van der Waals surface area contributed by atoms with Crippen LogP contribution in [0.4, 0.5) is 0 Å². The summed E-state index contributed by atoms with van der Waals surface area (Å²) in [5, 5.41) is 0.208. The minimum Gasteiger partial charge on any atom is -0.454 e. The standard InChI is InChI=1S/C21H20Br2ClN3O6/c1-8(27-19(30)14-10-6-11(15(14)20(27)31)17(23)16(10)22)21(32)33-7-13(28)25-26-18(29)9-4-2-3-5-12(9)24/h2-5,8,10-11,14-17H,6-7H2,1H3,(H,25,28)(H,26,29)/t8-,10-,11-,14-,15+,16+,17+/m1/s1. The minimum absolute atomic E-state index is 0.0292. The second kappa shape index (κ2) is 9.34. The van der Waals surface area contributed by atoms with E-state index in [1.54, 1.807) is 12.1 Å². The van der Waals surface area contributed by atoms with Crippen LogP contribution >= 0.6 is 43.5 Å². The van der Waals surface area contributed by atoms with Crippen molar-refractivity contribution in [1.82, 2.24) is 15.8 Å². The van der Waals surface area contributed by atoms with E-state index < -0.39 is 42.3 Å². The van der Waals surface area contributed by atoms with Gasteiger partial charge in [-0.3, -0.25) is 34.9 Å². The molecule has 1 aromatic carbocycles. The summed E-state index contributed by atoms with van der Waals surface area (Å²) < 4.78 is 4.98. The summed E-state index contributed by atoms with van der Waals surface area (Å²) in [6.45, 7) is 0.697. The van der Waals surface area contributed by atoms with Crippen LogP contribution in [0.25, 0.3) is 0 Å². The molecule has 1 saturated heterocycles. The first-order valence-electron chi connectivity index (χ1n) is 10.3. The van der Waals surface area contributed by atoms with Crippen LogP contribution in [0.1, 0.15) is 23.7 Å². The molecule has 1 aromatic rings. The van der Waals surface area contributed by atoms with Crippen molar-refractivity contribution in [1.29, 1.82) is 0 Å². The van der Waals surface area contributed by atoms with Crippen molar-refractivity contribution in [2.24, 2.45) is 23.7 Å². The van der Waals surface area contributed by atoms with Gasteiger partial charge in [-0.15, -0.1) is 0 Å². The maximum Gasteiger partial charge on any atom is 0.329 e. The van der Waals surface area contributed by atoms with E-state index in [0.29, 0.717) is 0 Å². The van der Waals surface area contributed by atoms with Crippen LogP contribution < -0.4 is 10.9 Å². The molecule has 0 unspecified atom stereocenters. The maximum atomic E-state index is 13.0. The van der Waals surface area contributed by atoms with E-state index >= 15 is 0 Å². The molecule has 2 aliphatic carbocycles. The third kappa shape index (κ3) is 4.19. The largest absolute Gasteiger partial charge is 0.454 e. The van der Waals surface area contributed by atoms with Gasteiger partial charge in [0, 0.05) is 9.65 Å². The van der Waals surface area contributed by atoms with Crippen molar-refractivity contribution in [2.75, 3.05) is 6.61 Å². The fourth-order valence-corrected chi connectivity index (χ4v) is 7.09. The molecule has 2 N–H and O–H groups in total. The average Bonchev–Trinajstić information content (AvgIpc) is 3.40.